The third kappa shape index (κ3) is 33.3. The van der Waals surface area contributed by atoms with Gasteiger partial charge in [0.1, 0.15) is 0 Å². The van der Waals surface area contributed by atoms with Gasteiger partial charge in [-0.2, -0.15) is 0 Å². The number of allylic oxidation sites excluding steroid dienone is 2. The Balaban J connectivity index is -0.000000561. The van der Waals surface area contributed by atoms with Crippen LogP contribution in [0, 0.1) is 0 Å². The maximum atomic E-state index is 8.76. The van der Waals surface area contributed by atoms with Gasteiger partial charge in [0.05, 0.1) is 78.3 Å². The summed E-state index contributed by atoms with van der Waals surface area (Å²) in [6.07, 6.45) is 18.4. The summed E-state index contributed by atoms with van der Waals surface area (Å²) in [5, 5.41) is 8.76. The third-order valence-corrected chi connectivity index (χ3v) is 5.59. The maximum Gasteiger partial charge on any atom is 1.00 e. The third-order valence-electron chi connectivity index (χ3n) is 5.59. The van der Waals surface area contributed by atoms with Crippen LogP contribution in [0.4, 0.5) is 0 Å². The Morgan fingerprint density at radius 1 is 0.575 bits per heavy atom. The van der Waals surface area contributed by atoms with Crippen molar-refractivity contribution in [3.63, 3.8) is 0 Å². The fourth-order valence-corrected chi connectivity index (χ4v) is 3.49. The van der Waals surface area contributed by atoms with Crippen molar-refractivity contribution in [1.29, 1.82) is 0 Å². The Morgan fingerprint density at radius 2 is 0.950 bits per heavy atom. The zero-order valence-electron chi connectivity index (χ0n) is 27.3. The van der Waals surface area contributed by atoms with Gasteiger partial charge in [0, 0.05) is 19.8 Å². The van der Waals surface area contributed by atoms with E-state index in [0.29, 0.717) is 33.0 Å². The molecule has 0 radical (unpaired) electrons. The molecule has 0 aromatic rings. The van der Waals surface area contributed by atoms with E-state index in [4.69, 9.17) is 38.3 Å². The van der Waals surface area contributed by atoms with Gasteiger partial charge in [-0.25, -0.2) is 0 Å². The maximum absolute atomic E-state index is 8.76. The molecule has 0 aromatic heterocycles. The molecule has 2 rings (SSSR count). The fourth-order valence-electron chi connectivity index (χ4n) is 3.49. The van der Waals surface area contributed by atoms with Crippen molar-refractivity contribution in [3.05, 3.63) is 24.3 Å². The Morgan fingerprint density at radius 3 is 1.40 bits per heavy atom. The molecule has 0 fully saturated rings. The Hall–Kier alpha value is 0.796. The minimum Gasteiger partial charge on any atom is -1.00 e. The molecule has 2 atom stereocenters. The van der Waals surface area contributed by atoms with E-state index in [9.17, 15) is 0 Å². The normalized spacial score (nSPS) is 20.6. The van der Waals surface area contributed by atoms with Gasteiger partial charge in [0.25, 0.3) is 0 Å². The smallest absolute Gasteiger partial charge is 1.00 e. The van der Waals surface area contributed by atoms with Gasteiger partial charge in [0.2, 0.25) is 0 Å². The van der Waals surface area contributed by atoms with Gasteiger partial charge in [-0.05, 0) is 57.8 Å². The molecule has 0 aliphatic carbocycles. The van der Waals surface area contributed by atoms with Crippen molar-refractivity contribution < 1.29 is 91.1 Å². The van der Waals surface area contributed by atoms with E-state index in [1.54, 1.807) is 0 Å². The molecule has 1 N–H and O–H groups in total. The van der Waals surface area contributed by atoms with E-state index in [2.05, 4.69) is 45.1 Å². The van der Waals surface area contributed by atoms with Gasteiger partial charge in [-0.1, -0.05) is 45.1 Å². The topological polar surface area (TPSA) is 84.8 Å². The summed E-state index contributed by atoms with van der Waals surface area (Å²) in [6, 6.07) is 0. The Bertz CT molecular complexity index is 520. The first-order valence-electron chi connectivity index (χ1n) is 15.3. The van der Waals surface area contributed by atoms with Gasteiger partial charge >= 0.3 is 51.4 Å². The minimum absolute atomic E-state index is 0. The minimum atomic E-state index is 0. The monoisotopic (exact) mass is 600 g/mol. The van der Waals surface area contributed by atoms with E-state index < -0.39 is 0 Å². The summed E-state index contributed by atoms with van der Waals surface area (Å²) in [6.45, 7) is 15.3. The van der Waals surface area contributed by atoms with E-state index in [0.717, 1.165) is 104 Å². The van der Waals surface area contributed by atoms with Gasteiger partial charge in [0.15, 0.2) is 0 Å². The standard InChI is InChI=1S/C15H28O4.C8H14O2.C8H18O2.K.H/c1-2-8-16-10-11-17-12-13-18-14-15-7-5-3-4-6-9-19-15;9-7-8-5-3-1-2-4-6-10-8;1-3-5-9-7-8-10-6-4-2;;/h3-4,15H,2,5-14H2,1H3;1-2,8-9H,3-7H2;3-8H2,1-2H3;;/q;;;+1;-1/b4-3+;2-1+;;;/t15-;8-;;;/m00.../s1. The molecule has 8 nitrogen and oxygen atoms in total. The van der Waals surface area contributed by atoms with Crippen LogP contribution < -0.4 is 51.4 Å². The first-order chi connectivity index (χ1) is 19.3. The van der Waals surface area contributed by atoms with Crippen molar-refractivity contribution in [2.24, 2.45) is 0 Å². The van der Waals surface area contributed by atoms with Crippen LogP contribution in [0.2, 0.25) is 0 Å². The van der Waals surface area contributed by atoms with Crippen LogP contribution in [0.15, 0.2) is 24.3 Å². The first-order valence-corrected chi connectivity index (χ1v) is 15.3. The van der Waals surface area contributed by atoms with Crippen LogP contribution in [-0.2, 0) is 33.2 Å². The van der Waals surface area contributed by atoms with Crippen molar-refractivity contribution in [3.8, 4) is 0 Å². The molecule has 2 heterocycles. The number of hydrogen-bond acceptors (Lipinski definition) is 8. The number of rotatable bonds is 18. The zero-order chi connectivity index (χ0) is 28.5. The summed E-state index contributed by atoms with van der Waals surface area (Å²) < 4.78 is 37.8. The van der Waals surface area contributed by atoms with Crippen molar-refractivity contribution >= 4 is 0 Å². The number of aliphatic hydroxyl groups is 1. The number of aliphatic hydroxyl groups excluding tert-OH is 1. The average Bonchev–Trinajstić information content (AvgIpc) is 2.91. The number of ether oxygens (including phenoxy) is 7. The SMILES string of the molecule is CCCOCCOCCC.CCCOCCOCCOC[C@@H]1CC/C=C/CCO1.OC[C@@H]1CC/C=C/CCO1.[H-].[K+]. The molecule has 0 bridgehead atoms. The summed E-state index contributed by atoms with van der Waals surface area (Å²) >= 11 is 0. The second kappa shape index (κ2) is 37.8. The number of hydrogen-bond donors (Lipinski definition) is 1. The van der Waals surface area contributed by atoms with Crippen LogP contribution in [-0.4, -0.2) is 103 Å². The molecule has 9 heteroatoms. The van der Waals surface area contributed by atoms with Crippen molar-refractivity contribution in [2.75, 3.05) is 85.9 Å². The molecule has 0 saturated heterocycles. The van der Waals surface area contributed by atoms with E-state index in [1.807, 2.05) is 0 Å². The summed E-state index contributed by atoms with van der Waals surface area (Å²) in [4.78, 5) is 0. The Kier molecular flexibility index (Phi) is 40.6. The molecular weight excluding hydrogens is 539 g/mol. The van der Waals surface area contributed by atoms with Crippen molar-refractivity contribution in [2.45, 2.75) is 90.8 Å². The quantitative estimate of drug-likeness (QED) is 0.146. The van der Waals surface area contributed by atoms with E-state index in [1.165, 1.54) is 0 Å². The van der Waals surface area contributed by atoms with Crippen LogP contribution in [0.3, 0.4) is 0 Å². The largest absolute Gasteiger partial charge is 1.00 e. The fraction of sp³-hybridized carbons (Fsp3) is 0.871. The average molecular weight is 601 g/mol. The summed E-state index contributed by atoms with van der Waals surface area (Å²) in [5.74, 6) is 0. The molecule has 0 amide bonds. The van der Waals surface area contributed by atoms with Crippen LogP contribution >= 0.6 is 0 Å². The second-order valence-electron chi connectivity index (χ2n) is 9.37. The zero-order valence-corrected chi connectivity index (χ0v) is 29.4. The van der Waals surface area contributed by atoms with E-state index >= 15 is 0 Å². The molecule has 234 valence electrons. The van der Waals surface area contributed by atoms with Crippen molar-refractivity contribution in [1.82, 2.24) is 0 Å². The molecule has 0 saturated carbocycles. The first kappa shape index (κ1) is 42.9. The molecular formula is C31H61KO8. The van der Waals surface area contributed by atoms with Crippen LogP contribution in [0.5, 0.6) is 0 Å². The van der Waals surface area contributed by atoms with Gasteiger partial charge in [-0.3, -0.25) is 0 Å². The molecule has 2 aliphatic heterocycles. The van der Waals surface area contributed by atoms with Gasteiger partial charge < -0.3 is 39.7 Å². The van der Waals surface area contributed by atoms with Crippen LogP contribution in [0.25, 0.3) is 0 Å². The van der Waals surface area contributed by atoms with Crippen LogP contribution in [0.1, 0.15) is 80.0 Å². The second-order valence-corrected chi connectivity index (χ2v) is 9.37. The molecule has 2 aliphatic rings. The predicted octanol–water partition coefficient (Wildman–Crippen LogP) is 2.63. The predicted molar refractivity (Wildman–Crippen MR) is 159 cm³/mol. The van der Waals surface area contributed by atoms with Gasteiger partial charge in [-0.15, -0.1) is 0 Å². The molecule has 0 aromatic carbocycles. The molecule has 0 unspecified atom stereocenters. The van der Waals surface area contributed by atoms with E-state index in [-0.39, 0.29) is 71.6 Å². The molecule has 40 heavy (non-hydrogen) atoms. The summed E-state index contributed by atoms with van der Waals surface area (Å²) in [5.41, 5.74) is 0. The summed E-state index contributed by atoms with van der Waals surface area (Å²) in [7, 11) is 0. The molecule has 0 spiro atoms. The Labute approximate surface area is 289 Å².